The van der Waals surface area contributed by atoms with Gasteiger partial charge in [0.2, 0.25) is 0 Å². The van der Waals surface area contributed by atoms with Crippen LogP contribution in [0.2, 0.25) is 0 Å². The molecule has 1 rings (SSSR count). The molecule has 0 radical (unpaired) electrons. The smallest absolute Gasteiger partial charge is 0.327 e. The van der Waals surface area contributed by atoms with Crippen LogP contribution in [-0.2, 0) is 4.79 Å². The zero-order valence-corrected chi connectivity index (χ0v) is 9.02. The highest BCUT2D eigenvalue weighted by atomic mass is 16.4. The van der Waals surface area contributed by atoms with Gasteiger partial charge in [0, 0.05) is 12.5 Å². The zero-order chi connectivity index (χ0) is 13.7. The van der Waals surface area contributed by atoms with Gasteiger partial charge in [0.1, 0.15) is 11.7 Å². The number of carbonyl (C=O) groups excluding carboxylic acids is 1. The van der Waals surface area contributed by atoms with Crippen LogP contribution in [0.3, 0.4) is 0 Å². The molecule has 4 N–H and O–H groups in total. The minimum absolute atomic E-state index is 0.214. The Morgan fingerprint density at radius 3 is 2.61 bits per heavy atom. The summed E-state index contributed by atoms with van der Waals surface area (Å²) in [6, 6.07) is -0.448. The Bertz CT molecular complexity index is 593. The third-order valence-electron chi connectivity index (χ3n) is 1.93. The summed E-state index contributed by atoms with van der Waals surface area (Å²) in [6.45, 7) is 0. The predicted octanol–water partition coefficient (Wildman–Crippen LogP) is -1.73. The molecule has 18 heavy (non-hydrogen) atoms. The summed E-state index contributed by atoms with van der Waals surface area (Å²) in [4.78, 5) is 48.1. The van der Waals surface area contributed by atoms with E-state index in [0.29, 0.717) is 0 Å². The van der Waals surface area contributed by atoms with Crippen LogP contribution >= 0.6 is 0 Å². The van der Waals surface area contributed by atoms with E-state index in [1.807, 2.05) is 4.98 Å². The van der Waals surface area contributed by atoms with Crippen LogP contribution in [0.1, 0.15) is 16.9 Å². The Hall–Kier alpha value is -2.82. The van der Waals surface area contributed by atoms with E-state index in [-0.39, 0.29) is 12.1 Å². The average Bonchev–Trinajstić information content (AvgIpc) is 2.26. The first kappa shape index (κ1) is 13.2. The van der Waals surface area contributed by atoms with Gasteiger partial charge in [-0.15, -0.1) is 12.3 Å². The largest absolute Gasteiger partial charge is 0.480 e. The fraction of sp³-hybridized carbons (Fsp3) is 0.200. The van der Waals surface area contributed by atoms with Crippen molar-refractivity contribution in [3.63, 3.8) is 0 Å². The lowest BCUT2D eigenvalue weighted by atomic mass is 10.2. The Kier molecular flexibility index (Phi) is 4.04. The third-order valence-corrected chi connectivity index (χ3v) is 1.93. The molecule has 1 heterocycles. The summed E-state index contributed by atoms with van der Waals surface area (Å²) in [6.07, 6.45) is 4.74. The molecular formula is C10H9N3O5. The van der Waals surface area contributed by atoms with Crippen molar-refractivity contribution < 1.29 is 14.7 Å². The van der Waals surface area contributed by atoms with E-state index in [2.05, 4.69) is 16.2 Å². The van der Waals surface area contributed by atoms with Gasteiger partial charge in [0.15, 0.2) is 0 Å². The molecule has 0 bridgehead atoms. The lowest BCUT2D eigenvalue weighted by Gasteiger charge is -2.11. The number of H-pyrrole nitrogens is 2. The van der Waals surface area contributed by atoms with Crippen LogP contribution in [-0.4, -0.2) is 33.0 Å². The van der Waals surface area contributed by atoms with Gasteiger partial charge in [-0.3, -0.25) is 14.6 Å². The fourth-order valence-corrected chi connectivity index (χ4v) is 1.14. The van der Waals surface area contributed by atoms with Crippen molar-refractivity contribution in [2.75, 3.05) is 0 Å². The number of hydrogen-bond acceptors (Lipinski definition) is 4. The summed E-state index contributed by atoms with van der Waals surface area (Å²) < 4.78 is 0. The van der Waals surface area contributed by atoms with Crippen molar-refractivity contribution in [3.8, 4) is 12.3 Å². The minimum atomic E-state index is -1.31. The highest BCUT2D eigenvalue weighted by Crippen LogP contribution is 1.94. The number of aromatic amines is 2. The van der Waals surface area contributed by atoms with Crippen LogP contribution in [0, 0.1) is 12.3 Å². The van der Waals surface area contributed by atoms with E-state index in [1.54, 1.807) is 0 Å². The SMILES string of the molecule is C#CCC(NC(=O)c1cc(=O)[nH]c(=O)[nH]1)C(=O)O. The molecule has 0 saturated heterocycles. The summed E-state index contributed by atoms with van der Waals surface area (Å²) in [5.74, 6) is -0.120. The zero-order valence-electron chi connectivity index (χ0n) is 9.02. The standard InChI is InChI=1S/C10H9N3O5/c1-2-3-5(9(16)17)11-8(15)6-4-7(14)13-10(18)12-6/h1,4-5H,3H2,(H,11,15)(H,16,17)(H2,12,13,14,18). The number of nitrogens with one attached hydrogen (secondary N) is 3. The van der Waals surface area contributed by atoms with Gasteiger partial charge >= 0.3 is 11.7 Å². The quantitative estimate of drug-likeness (QED) is 0.472. The molecule has 1 atom stereocenters. The molecular weight excluding hydrogens is 242 g/mol. The number of carboxylic acid groups (broad SMARTS) is 1. The topological polar surface area (TPSA) is 132 Å². The van der Waals surface area contributed by atoms with Crippen LogP contribution in [0.25, 0.3) is 0 Å². The van der Waals surface area contributed by atoms with E-state index in [0.717, 1.165) is 6.07 Å². The first-order valence-electron chi connectivity index (χ1n) is 4.75. The number of hydrogen-bond donors (Lipinski definition) is 4. The molecule has 0 saturated carbocycles. The number of carbonyl (C=O) groups is 2. The Labute approximate surface area is 100 Å². The number of amides is 1. The maximum absolute atomic E-state index is 11.6. The molecule has 0 aliphatic rings. The van der Waals surface area contributed by atoms with E-state index < -0.39 is 29.2 Å². The fourth-order valence-electron chi connectivity index (χ4n) is 1.14. The van der Waals surface area contributed by atoms with Crippen molar-refractivity contribution in [3.05, 3.63) is 32.6 Å². The van der Waals surface area contributed by atoms with E-state index in [1.165, 1.54) is 0 Å². The highest BCUT2D eigenvalue weighted by molar-refractivity contribution is 5.94. The molecule has 8 nitrogen and oxygen atoms in total. The van der Waals surface area contributed by atoms with E-state index in [4.69, 9.17) is 11.5 Å². The number of carboxylic acids is 1. The average molecular weight is 251 g/mol. The van der Waals surface area contributed by atoms with E-state index in [9.17, 15) is 19.2 Å². The molecule has 1 unspecified atom stereocenters. The second-order valence-electron chi connectivity index (χ2n) is 3.27. The van der Waals surface area contributed by atoms with Crippen LogP contribution < -0.4 is 16.6 Å². The third kappa shape index (κ3) is 3.34. The lowest BCUT2D eigenvalue weighted by Crippen LogP contribution is -2.42. The Morgan fingerprint density at radius 2 is 2.11 bits per heavy atom. The second-order valence-corrected chi connectivity index (χ2v) is 3.27. The summed E-state index contributed by atoms with van der Waals surface area (Å²) in [5, 5.41) is 10.8. The molecule has 0 aliphatic heterocycles. The Balaban J connectivity index is 2.94. The Morgan fingerprint density at radius 1 is 1.44 bits per heavy atom. The van der Waals surface area contributed by atoms with Crippen molar-refractivity contribution in [2.45, 2.75) is 12.5 Å². The first-order valence-corrected chi connectivity index (χ1v) is 4.75. The van der Waals surface area contributed by atoms with Crippen LogP contribution in [0.4, 0.5) is 0 Å². The first-order chi connectivity index (χ1) is 8.43. The molecule has 1 amide bonds. The highest BCUT2D eigenvalue weighted by Gasteiger charge is 2.20. The summed E-state index contributed by atoms with van der Waals surface area (Å²) in [5.41, 5.74) is -1.98. The van der Waals surface area contributed by atoms with Crippen LogP contribution in [0.15, 0.2) is 15.7 Å². The normalized spacial score (nSPS) is 11.3. The summed E-state index contributed by atoms with van der Waals surface area (Å²) in [7, 11) is 0. The van der Waals surface area contributed by atoms with Gasteiger partial charge in [0.25, 0.3) is 11.5 Å². The van der Waals surface area contributed by atoms with Crippen molar-refractivity contribution >= 4 is 11.9 Å². The molecule has 1 aromatic rings. The second kappa shape index (κ2) is 5.49. The maximum atomic E-state index is 11.6. The van der Waals surface area contributed by atoms with Crippen molar-refractivity contribution in [1.82, 2.24) is 15.3 Å². The van der Waals surface area contributed by atoms with Gasteiger partial charge < -0.3 is 15.4 Å². The van der Waals surface area contributed by atoms with Crippen molar-refractivity contribution in [2.24, 2.45) is 0 Å². The molecule has 94 valence electrons. The molecule has 8 heteroatoms. The molecule has 0 aliphatic carbocycles. The number of terminal acetylenes is 1. The number of rotatable bonds is 4. The molecule has 0 fully saturated rings. The lowest BCUT2D eigenvalue weighted by molar-refractivity contribution is -0.139. The van der Waals surface area contributed by atoms with E-state index >= 15 is 0 Å². The summed E-state index contributed by atoms with van der Waals surface area (Å²) >= 11 is 0. The van der Waals surface area contributed by atoms with Crippen molar-refractivity contribution in [1.29, 1.82) is 0 Å². The maximum Gasteiger partial charge on any atom is 0.327 e. The van der Waals surface area contributed by atoms with Gasteiger partial charge in [0.05, 0.1) is 0 Å². The van der Waals surface area contributed by atoms with Crippen LogP contribution in [0.5, 0.6) is 0 Å². The minimum Gasteiger partial charge on any atom is -0.480 e. The molecule has 0 aromatic carbocycles. The predicted molar refractivity (Wildman–Crippen MR) is 60.0 cm³/mol. The van der Waals surface area contributed by atoms with Gasteiger partial charge in [-0.25, -0.2) is 9.59 Å². The monoisotopic (exact) mass is 251 g/mol. The molecule has 1 aromatic heterocycles. The van der Waals surface area contributed by atoms with Gasteiger partial charge in [-0.05, 0) is 0 Å². The van der Waals surface area contributed by atoms with Gasteiger partial charge in [-0.1, -0.05) is 0 Å². The molecule has 0 spiro atoms. The number of aromatic nitrogens is 2. The van der Waals surface area contributed by atoms with Gasteiger partial charge in [-0.2, -0.15) is 0 Å². The number of aliphatic carboxylic acids is 1.